The molecule has 18 heavy (non-hydrogen) atoms. The number of unbranched alkanes of at least 4 members (excludes halogenated alkanes) is 5. The summed E-state index contributed by atoms with van der Waals surface area (Å²) in [5.74, 6) is 1.12. The Hall–Kier alpha value is -0.530. The van der Waals surface area contributed by atoms with Crippen molar-refractivity contribution in [3.05, 3.63) is 0 Å². The van der Waals surface area contributed by atoms with Gasteiger partial charge >= 0.3 is 0 Å². The van der Waals surface area contributed by atoms with Gasteiger partial charge in [-0.15, -0.1) is 0 Å². The quantitative estimate of drug-likeness (QED) is 0.276. The van der Waals surface area contributed by atoms with Crippen molar-refractivity contribution in [1.29, 1.82) is 5.41 Å². The van der Waals surface area contributed by atoms with Crippen LogP contribution in [0.25, 0.3) is 0 Å². The summed E-state index contributed by atoms with van der Waals surface area (Å²) < 4.78 is 5.52. The second-order valence-corrected chi connectivity index (χ2v) is 5.30. The van der Waals surface area contributed by atoms with E-state index in [2.05, 4.69) is 13.8 Å². The summed E-state index contributed by atoms with van der Waals surface area (Å²) in [7, 11) is 0. The van der Waals surface area contributed by atoms with Crippen LogP contribution in [0.3, 0.4) is 0 Å². The maximum Gasteiger partial charge on any atom is 0.180 e. The normalized spacial score (nSPS) is 12.4. The second-order valence-electron chi connectivity index (χ2n) is 5.30. The lowest BCUT2D eigenvalue weighted by atomic mass is 9.95. The van der Waals surface area contributed by atoms with Crippen LogP contribution in [0.4, 0.5) is 0 Å². The van der Waals surface area contributed by atoms with Crippen molar-refractivity contribution in [2.75, 3.05) is 6.61 Å². The molecule has 0 aromatic carbocycles. The molecule has 0 heterocycles. The minimum atomic E-state index is 0.448. The van der Waals surface area contributed by atoms with Crippen LogP contribution in [-0.4, -0.2) is 12.5 Å². The van der Waals surface area contributed by atoms with Gasteiger partial charge in [0.1, 0.15) is 0 Å². The highest BCUT2D eigenvalue weighted by Gasteiger charge is 2.10. The Morgan fingerprint density at radius 1 is 0.889 bits per heavy atom. The summed E-state index contributed by atoms with van der Waals surface area (Å²) in [6.45, 7) is 7.25. The van der Waals surface area contributed by atoms with Crippen LogP contribution in [0.5, 0.6) is 0 Å². The third kappa shape index (κ3) is 10.6. The molecule has 0 spiro atoms. The lowest BCUT2D eigenvalue weighted by Crippen LogP contribution is -2.13. The van der Waals surface area contributed by atoms with E-state index >= 15 is 0 Å². The zero-order chi connectivity index (χ0) is 13.6. The van der Waals surface area contributed by atoms with Crippen LogP contribution in [0.1, 0.15) is 85.0 Å². The van der Waals surface area contributed by atoms with Gasteiger partial charge in [-0.25, -0.2) is 0 Å². The summed E-state index contributed by atoms with van der Waals surface area (Å²) in [4.78, 5) is 0. The molecular weight excluding hydrogens is 222 g/mol. The molecule has 0 fully saturated rings. The predicted octanol–water partition coefficient (Wildman–Crippen LogP) is 5.56. The van der Waals surface area contributed by atoms with Gasteiger partial charge in [0.25, 0.3) is 0 Å². The van der Waals surface area contributed by atoms with Crippen molar-refractivity contribution in [2.24, 2.45) is 5.92 Å². The molecule has 1 N–H and O–H groups in total. The Balaban J connectivity index is 3.79. The van der Waals surface area contributed by atoms with E-state index in [4.69, 9.17) is 10.1 Å². The molecule has 0 aliphatic carbocycles. The van der Waals surface area contributed by atoms with Gasteiger partial charge in [-0.3, -0.25) is 5.41 Å². The Labute approximate surface area is 114 Å². The van der Waals surface area contributed by atoms with Crippen molar-refractivity contribution in [3.63, 3.8) is 0 Å². The van der Waals surface area contributed by atoms with Gasteiger partial charge in [0.05, 0.1) is 6.61 Å². The largest absolute Gasteiger partial charge is 0.481 e. The fourth-order valence-electron chi connectivity index (χ4n) is 2.17. The van der Waals surface area contributed by atoms with Gasteiger partial charge in [-0.2, -0.15) is 0 Å². The Morgan fingerprint density at radius 2 is 1.44 bits per heavy atom. The van der Waals surface area contributed by atoms with Gasteiger partial charge in [0.2, 0.25) is 0 Å². The number of rotatable bonds is 12. The molecule has 0 radical (unpaired) electrons. The van der Waals surface area contributed by atoms with Crippen LogP contribution in [-0.2, 0) is 4.74 Å². The lowest BCUT2D eigenvalue weighted by molar-refractivity contribution is 0.208. The van der Waals surface area contributed by atoms with Crippen molar-refractivity contribution < 1.29 is 4.74 Å². The van der Waals surface area contributed by atoms with E-state index in [0.29, 0.717) is 11.8 Å². The molecule has 0 saturated carbocycles. The van der Waals surface area contributed by atoms with E-state index in [0.717, 1.165) is 13.0 Å². The van der Waals surface area contributed by atoms with E-state index < -0.39 is 0 Å². The molecular formula is C16H33NO. The topological polar surface area (TPSA) is 33.1 Å². The molecule has 0 aromatic rings. The first-order valence-electron chi connectivity index (χ1n) is 7.94. The van der Waals surface area contributed by atoms with Gasteiger partial charge in [0.15, 0.2) is 5.90 Å². The average Bonchev–Trinajstić information content (AvgIpc) is 2.39. The predicted molar refractivity (Wildman–Crippen MR) is 80.4 cm³/mol. The van der Waals surface area contributed by atoms with E-state index in [1.54, 1.807) is 0 Å². The van der Waals surface area contributed by atoms with Crippen molar-refractivity contribution in [3.8, 4) is 0 Å². The van der Waals surface area contributed by atoms with Crippen molar-refractivity contribution in [2.45, 2.75) is 85.0 Å². The molecule has 0 amide bonds. The van der Waals surface area contributed by atoms with Crippen LogP contribution < -0.4 is 0 Å². The molecule has 0 aliphatic heterocycles. The molecule has 108 valence electrons. The van der Waals surface area contributed by atoms with E-state index in [1.807, 2.05) is 6.92 Å². The second kappa shape index (κ2) is 12.9. The zero-order valence-corrected chi connectivity index (χ0v) is 12.8. The van der Waals surface area contributed by atoms with Crippen molar-refractivity contribution in [1.82, 2.24) is 0 Å². The lowest BCUT2D eigenvalue weighted by Gasteiger charge is -2.17. The summed E-state index contributed by atoms with van der Waals surface area (Å²) in [6.07, 6.45) is 12.5. The number of hydrogen-bond donors (Lipinski definition) is 1. The molecule has 1 atom stereocenters. The standard InChI is InChI=1S/C16H33NO/c1-4-7-9-11-13-15(12-10-8-5-2)14-18-16(17)6-3/h15,17H,4-14H2,1-3H3. The SMILES string of the molecule is CCCCCCC(CCCCC)COC(=N)CC. The third-order valence-corrected chi connectivity index (χ3v) is 3.50. The highest BCUT2D eigenvalue weighted by molar-refractivity contribution is 5.72. The monoisotopic (exact) mass is 255 g/mol. The molecule has 0 rings (SSSR count). The molecule has 0 aliphatic rings. The first-order valence-corrected chi connectivity index (χ1v) is 7.94. The maximum atomic E-state index is 7.56. The van der Waals surface area contributed by atoms with Crippen LogP contribution in [0, 0.1) is 11.3 Å². The first kappa shape index (κ1) is 17.5. The molecule has 2 nitrogen and oxygen atoms in total. The number of hydrogen-bond acceptors (Lipinski definition) is 2. The highest BCUT2D eigenvalue weighted by Crippen LogP contribution is 2.18. The smallest absolute Gasteiger partial charge is 0.180 e. The fourth-order valence-corrected chi connectivity index (χ4v) is 2.17. The van der Waals surface area contributed by atoms with Gasteiger partial charge in [-0.1, -0.05) is 65.7 Å². The molecule has 0 bridgehead atoms. The van der Waals surface area contributed by atoms with E-state index in [1.165, 1.54) is 57.8 Å². The average molecular weight is 255 g/mol. The Morgan fingerprint density at radius 3 is 2.00 bits per heavy atom. The van der Waals surface area contributed by atoms with Crippen molar-refractivity contribution >= 4 is 5.90 Å². The third-order valence-electron chi connectivity index (χ3n) is 3.50. The van der Waals surface area contributed by atoms with Gasteiger partial charge < -0.3 is 4.74 Å². The first-order chi connectivity index (χ1) is 8.74. The van der Waals surface area contributed by atoms with Crippen LogP contribution >= 0.6 is 0 Å². The fraction of sp³-hybridized carbons (Fsp3) is 0.938. The summed E-state index contributed by atoms with van der Waals surface area (Å²) >= 11 is 0. The van der Waals surface area contributed by atoms with E-state index in [9.17, 15) is 0 Å². The minimum absolute atomic E-state index is 0.448. The molecule has 0 aromatic heterocycles. The minimum Gasteiger partial charge on any atom is -0.481 e. The zero-order valence-electron chi connectivity index (χ0n) is 12.8. The highest BCUT2D eigenvalue weighted by atomic mass is 16.5. The summed E-state index contributed by atoms with van der Waals surface area (Å²) in [5, 5.41) is 7.56. The molecule has 1 unspecified atom stereocenters. The van der Waals surface area contributed by atoms with E-state index in [-0.39, 0.29) is 0 Å². The van der Waals surface area contributed by atoms with Gasteiger partial charge in [0, 0.05) is 6.42 Å². The van der Waals surface area contributed by atoms with Crippen LogP contribution in [0.2, 0.25) is 0 Å². The summed E-state index contributed by atoms with van der Waals surface area (Å²) in [6, 6.07) is 0. The molecule has 0 saturated heterocycles. The summed E-state index contributed by atoms with van der Waals surface area (Å²) in [5.41, 5.74) is 0. The van der Waals surface area contributed by atoms with Gasteiger partial charge in [-0.05, 0) is 18.8 Å². The maximum absolute atomic E-state index is 7.56. The number of nitrogens with one attached hydrogen (secondary N) is 1. The number of ether oxygens (including phenoxy) is 1. The van der Waals surface area contributed by atoms with Crippen LogP contribution in [0.15, 0.2) is 0 Å². The Kier molecular flexibility index (Phi) is 12.5. The Bertz CT molecular complexity index is 192. The molecule has 2 heteroatoms.